The molecule has 0 bridgehead atoms. The highest BCUT2D eigenvalue weighted by Crippen LogP contribution is 2.31. The van der Waals surface area contributed by atoms with Gasteiger partial charge in [0.1, 0.15) is 12.2 Å². The molecule has 0 radical (unpaired) electrons. The summed E-state index contributed by atoms with van der Waals surface area (Å²) in [5, 5.41) is 19.8. The summed E-state index contributed by atoms with van der Waals surface area (Å²) < 4.78 is 5.27. The summed E-state index contributed by atoms with van der Waals surface area (Å²) in [5.41, 5.74) is 1.62. The number of allylic oxidation sites excluding steroid dienone is 1. The van der Waals surface area contributed by atoms with Crippen LogP contribution in [-0.4, -0.2) is 34.6 Å². The summed E-state index contributed by atoms with van der Waals surface area (Å²) >= 11 is 0. The van der Waals surface area contributed by atoms with Gasteiger partial charge in [-0.05, 0) is 43.3 Å². The summed E-state index contributed by atoms with van der Waals surface area (Å²) in [6, 6.07) is 0. The number of aliphatic hydroxyl groups is 1. The molecule has 126 valence electrons. The molecular formula is C17H28O5. The van der Waals surface area contributed by atoms with E-state index >= 15 is 0 Å². The maximum Gasteiger partial charge on any atom is 0.303 e. The van der Waals surface area contributed by atoms with Gasteiger partial charge in [0, 0.05) is 13.3 Å². The van der Waals surface area contributed by atoms with Gasteiger partial charge in [0.05, 0.1) is 6.10 Å². The summed E-state index contributed by atoms with van der Waals surface area (Å²) in [4.78, 5) is 15.7. The zero-order valence-electron chi connectivity index (χ0n) is 13.9. The van der Waals surface area contributed by atoms with Crippen LogP contribution in [0.1, 0.15) is 47.0 Å². The minimum Gasteiger partial charge on any atom is -0.458 e. The Morgan fingerprint density at radius 2 is 2.09 bits per heavy atom. The molecule has 0 fully saturated rings. The molecule has 0 aromatic carbocycles. The third-order valence-corrected chi connectivity index (χ3v) is 4.24. The van der Waals surface area contributed by atoms with E-state index in [9.17, 15) is 15.2 Å². The monoisotopic (exact) mass is 312 g/mol. The molecule has 0 saturated carbocycles. The third kappa shape index (κ3) is 5.23. The van der Waals surface area contributed by atoms with Gasteiger partial charge >= 0.3 is 5.97 Å². The van der Waals surface area contributed by atoms with Crippen molar-refractivity contribution in [2.75, 3.05) is 0 Å². The summed E-state index contributed by atoms with van der Waals surface area (Å²) in [6.07, 6.45) is 1.60. The normalized spacial score (nSPS) is 30.9. The quantitative estimate of drug-likeness (QED) is 0.362. The van der Waals surface area contributed by atoms with E-state index in [2.05, 4.69) is 11.5 Å². The van der Waals surface area contributed by atoms with Crippen LogP contribution in [0, 0.1) is 11.8 Å². The van der Waals surface area contributed by atoms with E-state index in [1.807, 2.05) is 26.8 Å². The van der Waals surface area contributed by atoms with Crippen molar-refractivity contribution in [3.05, 3.63) is 23.8 Å². The predicted octanol–water partition coefficient (Wildman–Crippen LogP) is 3.10. The maximum absolute atomic E-state index is 11.2. The van der Waals surface area contributed by atoms with Gasteiger partial charge < -0.3 is 9.84 Å². The molecule has 0 aliphatic heterocycles. The smallest absolute Gasteiger partial charge is 0.303 e. The Labute approximate surface area is 132 Å². The van der Waals surface area contributed by atoms with Crippen LogP contribution < -0.4 is 0 Å². The topological polar surface area (TPSA) is 76.0 Å². The molecule has 4 unspecified atom stereocenters. The van der Waals surface area contributed by atoms with Crippen LogP contribution in [0.25, 0.3) is 0 Å². The van der Waals surface area contributed by atoms with E-state index in [4.69, 9.17) is 4.74 Å². The number of ether oxygens (including phenoxy) is 1. The number of hydrogen-bond acceptors (Lipinski definition) is 5. The fourth-order valence-electron chi connectivity index (χ4n) is 3.02. The van der Waals surface area contributed by atoms with E-state index in [1.165, 1.54) is 6.92 Å². The van der Waals surface area contributed by atoms with Gasteiger partial charge in [0.15, 0.2) is 0 Å². The SMILES string of the molecule is C=C1CC(OC(C)=O)C=C(C)CCC(C(C)C)C(O)C1OO. The van der Waals surface area contributed by atoms with Crippen molar-refractivity contribution in [3.63, 3.8) is 0 Å². The van der Waals surface area contributed by atoms with Crippen LogP contribution in [-0.2, 0) is 14.4 Å². The highest BCUT2D eigenvalue weighted by molar-refractivity contribution is 5.66. The molecule has 0 saturated heterocycles. The molecule has 5 heteroatoms. The number of carbonyl (C=O) groups excluding carboxylic acids is 1. The third-order valence-electron chi connectivity index (χ3n) is 4.24. The number of aliphatic hydroxyl groups excluding tert-OH is 1. The molecule has 5 nitrogen and oxygen atoms in total. The molecule has 1 aliphatic rings. The van der Waals surface area contributed by atoms with Gasteiger partial charge in [0.25, 0.3) is 0 Å². The van der Waals surface area contributed by atoms with Gasteiger partial charge in [-0.15, -0.1) is 0 Å². The molecule has 1 aliphatic carbocycles. The zero-order valence-corrected chi connectivity index (χ0v) is 13.9. The van der Waals surface area contributed by atoms with E-state index in [0.717, 1.165) is 18.4 Å². The van der Waals surface area contributed by atoms with Gasteiger partial charge in [-0.1, -0.05) is 26.0 Å². The molecule has 0 aromatic heterocycles. The molecule has 2 N–H and O–H groups in total. The average molecular weight is 312 g/mol. The fraction of sp³-hybridized carbons (Fsp3) is 0.706. The molecule has 0 aromatic rings. The van der Waals surface area contributed by atoms with Crippen LogP contribution >= 0.6 is 0 Å². The minimum absolute atomic E-state index is 0.0116. The molecule has 1 rings (SSSR count). The molecule has 0 heterocycles. The number of rotatable bonds is 3. The highest BCUT2D eigenvalue weighted by atomic mass is 17.1. The first-order valence-electron chi connectivity index (χ1n) is 7.76. The number of carbonyl (C=O) groups is 1. The van der Waals surface area contributed by atoms with Crippen molar-refractivity contribution in [2.45, 2.75) is 65.3 Å². The Morgan fingerprint density at radius 3 is 2.59 bits per heavy atom. The van der Waals surface area contributed by atoms with Crippen molar-refractivity contribution in [3.8, 4) is 0 Å². The lowest BCUT2D eigenvalue weighted by molar-refractivity contribution is -0.292. The molecule has 22 heavy (non-hydrogen) atoms. The molecule has 4 atom stereocenters. The minimum atomic E-state index is -0.878. The van der Waals surface area contributed by atoms with Crippen LogP contribution in [0.15, 0.2) is 23.8 Å². The summed E-state index contributed by atoms with van der Waals surface area (Å²) in [6.45, 7) is 11.3. The Hall–Kier alpha value is -1.17. The van der Waals surface area contributed by atoms with Crippen molar-refractivity contribution in [1.29, 1.82) is 0 Å². The van der Waals surface area contributed by atoms with E-state index in [1.54, 1.807) is 0 Å². The second-order valence-electron chi connectivity index (χ2n) is 6.49. The second-order valence-corrected chi connectivity index (χ2v) is 6.49. The van der Waals surface area contributed by atoms with Crippen LogP contribution in [0.4, 0.5) is 0 Å². The number of hydrogen-bond donors (Lipinski definition) is 2. The first kappa shape index (κ1) is 18.9. The largest absolute Gasteiger partial charge is 0.458 e. The molecule has 0 amide bonds. The predicted molar refractivity (Wildman–Crippen MR) is 84.1 cm³/mol. The Kier molecular flexibility index (Phi) is 7.26. The van der Waals surface area contributed by atoms with Crippen LogP contribution in [0.2, 0.25) is 0 Å². The van der Waals surface area contributed by atoms with E-state index in [0.29, 0.717) is 12.0 Å². The van der Waals surface area contributed by atoms with Crippen LogP contribution in [0.5, 0.6) is 0 Å². The first-order chi connectivity index (χ1) is 10.3. The second kappa shape index (κ2) is 8.46. The van der Waals surface area contributed by atoms with Gasteiger partial charge in [0.2, 0.25) is 0 Å². The summed E-state index contributed by atoms with van der Waals surface area (Å²) in [7, 11) is 0. The first-order valence-corrected chi connectivity index (χ1v) is 7.76. The Morgan fingerprint density at radius 1 is 1.45 bits per heavy atom. The molecule has 0 spiro atoms. The lowest BCUT2D eigenvalue weighted by Crippen LogP contribution is -2.40. The Bertz CT molecular complexity index is 427. The highest BCUT2D eigenvalue weighted by Gasteiger charge is 2.34. The van der Waals surface area contributed by atoms with E-state index < -0.39 is 18.3 Å². The van der Waals surface area contributed by atoms with Gasteiger partial charge in [-0.25, -0.2) is 4.89 Å². The fourth-order valence-corrected chi connectivity index (χ4v) is 3.02. The Balaban J connectivity index is 3.07. The van der Waals surface area contributed by atoms with Crippen molar-refractivity contribution in [1.82, 2.24) is 0 Å². The van der Waals surface area contributed by atoms with Gasteiger partial charge in [-0.3, -0.25) is 10.1 Å². The van der Waals surface area contributed by atoms with E-state index in [-0.39, 0.29) is 17.8 Å². The van der Waals surface area contributed by atoms with Gasteiger partial charge in [-0.2, -0.15) is 0 Å². The standard InChI is InChI=1S/C17H28O5/c1-10(2)15-7-6-11(3)8-14(21-13(5)18)9-12(4)17(22-20)16(15)19/h8,10,14-17,19-20H,4,6-7,9H2,1-3,5H3. The summed E-state index contributed by atoms with van der Waals surface area (Å²) in [5.74, 6) is -0.138. The van der Waals surface area contributed by atoms with Crippen molar-refractivity contribution >= 4 is 5.97 Å². The average Bonchev–Trinajstić information content (AvgIpc) is 2.37. The molecular weight excluding hydrogens is 284 g/mol. The van der Waals surface area contributed by atoms with Crippen LogP contribution in [0.3, 0.4) is 0 Å². The lowest BCUT2D eigenvalue weighted by atomic mass is 9.80. The van der Waals surface area contributed by atoms with Crippen molar-refractivity contribution in [2.24, 2.45) is 11.8 Å². The maximum atomic E-state index is 11.2. The lowest BCUT2D eigenvalue weighted by Gasteiger charge is -2.33. The number of esters is 1. The van der Waals surface area contributed by atoms with Crippen molar-refractivity contribution < 1.29 is 24.8 Å². The zero-order chi connectivity index (χ0) is 16.9.